The number of aromatic nitrogens is 2. The van der Waals surface area contributed by atoms with Gasteiger partial charge in [-0.25, -0.2) is 9.37 Å². The third-order valence-electron chi connectivity index (χ3n) is 3.76. The van der Waals surface area contributed by atoms with Crippen molar-refractivity contribution in [3.8, 4) is 0 Å². The fourth-order valence-corrected chi connectivity index (χ4v) is 2.85. The van der Waals surface area contributed by atoms with Crippen molar-refractivity contribution in [1.82, 2.24) is 14.5 Å². The van der Waals surface area contributed by atoms with Crippen molar-refractivity contribution in [2.75, 3.05) is 19.7 Å². The van der Waals surface area contributed by atoms with Gasteiger partial charge in [0.1, 0.15) is 5.82 Å². The minimum atomic E-state index is -0.327. The standard InChI is InChI=1S/C15H17ClFN3O/c1-19-10-18-7-12(19)8-20-4-5-21-15(9-20)13-3-2-11(17)6-14(13)16/h2-3,6-7,10,15H,4-5,8-9H2,1H3. The van der Waals surface area contributed by atoms with Gasteiger partial charge in [-0.15, -0.1) is 0 Å². The zero-order valence-electron chi connectivity index (χ0n) is 11.8. The molecule has 1 aromatic heterocycles. The molecule has 0 radical (unpaired) electrons. The van der Waals surface area contributed by atoms with E-state index in [9.17, 15) is 4.39 Å². The Labute approximate surface area is 128 Å². The van der Waals surface area contributed by atoms with Crippen LogP contribution in [0, 0.1) is 5.82 Å². The summed E-state index contributed by atoms with van der Waals surface area (Å²) in [6.07, 6.45) is 3.54. The molecule has 2 heterocycles. The van der Waals surface area contributed by atoms with Gasteiger partial charge in [0.15, 0.2) is 0 Å². The van der Waals surface area contributed by atoms with Crippen molar-refractivity contribution in [2.45, 2.75) is 12.6 Å². The summed E-state index contributed by atoms with van der Waals surface area (Å²) in [5, 5.41) is 0.419. The Bertz CT molecular complexity index is 631. The van der Waals surface area contributed by atoms with E-state index in [0.717, 1.165) is 30.9 Å². The van der Waals surface area contributed by atoms with Crippen LogP contribution in [0.15, 0.2) is 30.7 Å². The lowest BCUT2D eigenvalue weighted by molar-refractivity contribution is -0.0334. The van der Waals surface area contributed by atoms with E-state index in [4.69, 9.17) is 16.3 Å². The summed E-state index contributed by atoms with van der Waals surface area (Å²) in [6.45, 7) is 3.04. The first-order valence-electron chi connectivity index (χ1n) is 6.87. The van der Waals surface area contributed by atoms with Gasteiger partial charge in [0.05, 0.1) is 24.7 Å². The second-order valence-corrected chi connectivity index (χ2v) is 5.66. The summed E-state index contributed by atoms with van der Waals surface area (Å²) in [7, 11) is 1.98. The Morgan fingerprint density at radius 1 is 1.48 bits per heavy atom. The quantitative estimate of drug-likeness (QED) is 0.873. The molecule has 1 aromatic carbocycles. The molecule has 112 valence electrons. The van der Waals surface area contributed by atoms with Crippen LogP contribution < -0.4 is 0 Å². The van der Waals surface area contributed by atoms with Crippen molar-refractivity contribution in [3.05, 3.63) is 52.8 Å². The average molecular weight is 310 g/mol. The molecule has 0 bridgehead atoms. The van der Waals surface area contributed by atoms with Crippen LogP contribution in [-0.4, -0.2) is 34.1 Å². The van der Waals surface area contributed by atoms with Crippen LogP contribution in [0.25, 0.3) is 0 Å². The summed E-state index contributed by atoms with van der Waals surface area (Å²) < 4.78 is 20.9. The highest BCUT2D eigenvalue weighted by Gasteiger charge is 2.24. The van der Waals surface area contributed by atoms with Gasteiger partial charge < -0.3 is 9.30 Å². The minimum Gasteiger partial charge on any atom is -0.371 e. The molecule has 1 aliphatic rings. The highest BCUT2D eigenvalue weighted by Crippen LogP contribution is 2.29. The van der Waals surface area contributed by atoms with Gasteiger partial charge in [-0.05, 0) is 12.1 Å². The molecule has 1 saturated heterocycles. The molecule has 4 nitrogen and oxygen atoms in total. The SMILES string of the molecule is Cn1cncc1CN1CCOC(c2ccc(F)cc2Cl)C1. The van der Waals surface area contributed by atoms with E-state index >= 15 is 0 Å². The molecular formula is C15H17ClFN3O. The van der Waals surface area contributed by atoms with Gasteiger partial charge >= 0.3 is 0 Å². The van der Waals surface area contributed by atoms with Crippen molar-refractivity contribution >= 4 is 11.6 Å². The zero-order chi connectivity index (χ0) is 14.8. The Kier molecular flexibility index (Phi) is 4.24. The Balaban J connectivity index is 1.72. The highest BCUT2D eigenvalue weighted by molar-refractivity contribution is 6.31. The van der Waals surface area contributed by atoms with E-state index < -0.39 is 0 Å². The number of ether oxygens (including phenoxy) is 1. The van der Waals surface area contributed by atoms with Crippen molar-refractivity contribution in [2.24, 2.45) is 7.05 Å². The van der Waals surface area contributed by atoms with E-state index in [-0.39, 0.29) is 11.9 Å². The first kappa shape index (κ1) is 14.5. The number of hydrogen-bond donors (Lipinski definition) is 0. The lowest BCUT2D eigenvalue weighted by Crippen LogP contribution is -2.38. The number of benzene rings is 1. The smallest absolute Gasteiger partial charge is 0.124 e. The molecular weight excluding hydrogens is 293 g/mol. The molecule has 3 rings (SSSR count). The molecule has 1 aliphatic heterocycles. The van der Waals surface area contributed by atoms with Gasteiger partial charge in [0, 0.05) is 43.5 Å². The van der Waals surface area contributed by atoms with Crippen LogP contribution in [-0.2, 0) is 18.3 Å². The summed E-state index contributed by atoms with van der Waals surface area (Å²) in [4.78, 5) is 6.43. The molecule has 0 N–H and O–H groups in total. The summed E-state index contributed by atoms with van der Waals surface area (Å²) in [6, 6.07) is 4.46. The van der Waals surface area contributed by atoms with Gasteiger partial charge in [-0.3, -0.25) is 4.90 Å². The molecule has 0 spiro atoms. The molecule has 21 heavy (non-hydrogen) atoms. The van der Waals surface area contributed by atoms with Crippen LogP contribution in [0.2, 0.25) is 5.02 Å². The predicted molar refractivity (Wildman–Crippen MR) is 78.6 cm³/mol. The van der Waals surface area contributed by atoms with E-state index in [0.29, 0.717) is 11.6 Å². The Morgan fingerprint density at radius 3 is 3.05 bits per heavy atom. The maximum atomic E-state index is 13.1. The molecule has 0 amide bonds. The number of morpholine rings is 1. The maximum Gasteiger partial charge on any atom is 0.124 e. The van der Waals surface area contributed by atoms with Crippen LogP contribution in [0.1, 0.15) is 17.4 Å². The number of imidazole rings is 1. The second kappa shape index (κ2) is 6.13. The van der Waals surface area contributed by atoms with Crippen LogP contribution in [0.3, 0.4) is 0 Å². The van der Waals surface area contributed by atoms with Crippen molar-refractivity contribution in [1.29, 1.82) is 0 Å². The van der Waals surface area contributed by atoms with Crippen molar-refractivity contribution in [3.63, 3.8) is 0 Å². The van der Waals surface area contributed by atoms with Gasteiger partial charge in [-0.2, -0.15) is 0 Å². The van der Waals surface area contributed by atoms with Crippen LogP contribution in [0.4, 0.5) is 4.39 Å². The fourth-order valence-electron chi connectivity index (χ4n) is 2.56. The Morgan fingerprint density at radius 2 is 2.33 bits per heavy atom. The molecule has 1 unspecified atom stereocenters. The molecule has 0 aliphatic carbocycles. The Hall–Kier alpha value is -1.43. The summed E-state index contributed by atoms with van der Waals surface area (Å²) in [5.74, 6) is -0.327. The molecule has 2 aromatic rings. The van der Waals surface area contributed by atoms with E-state index in [2.05, 4.69) is 9.88 Å². The molecule has 1 fully saturated rings. The first-order valence-corrected chi connectivity index (χ1v) is 7.25. The van der Waals surface area contributed by atoms with Gasteiger partial charge in [0.25, 0.3) is 0 Å². The number of rotatable bonds is 3. The monoisotopic (exact) mass is 309 g/mol. The fraction of sp³-hybridized carbons (Fsp3) is 0.400. The molecule has 1 atom stereocenters. The average Bonchev–Trinajstić information content (AvgIpc) is 2.84. The zero-order valence-corrected chi connectivity index (χ0v) is 12.6. The number of hydrogen-bond acceptors (Lipinski definition) is 3. The second-order valence-electron chi connectivity index (χ2n) is 5.26. The third kappa shape index (κ3) is 3.26. The normalized spacial score (nSPS) is 19.9. The van der Waals surface area contributed by atoms with E-state index in [1.807, 2.05) is 17.8 Å². The predicted octanol–water partition coefficient (Wildman–Crippen LogP) is 2.79. The number of halogens is 2. The largest absolute Gasteiger partial charge is 0.371 e. The lowest BCUT2D eigenvalue weighted by atomic mass is 10.1. The topological polar surface area (TPSA) is 30.3 Å². The maximum absolute atomic E-state index is 13.1. The number of aryl methyl sites for hydroxylation is 1. The van der Waals surface area contributed by atoms with E-state index in [1.54, 1.807) is 12.4 Å². The third-order valence-corrected chi connectivity index (χ3v) is 4.09. The minimum absolute atomic E-state index is 0.125. The van der Waals surface area contributed by atoms with Crippen molar-refractivity contribution < 1.29 is 9.13 Å². The summed E-state index contributed by atoms with van der Waals surface area (Å²) >= 11 is 6.13. The van der Waals surface area contributed by atoms with E-state index in [1.165, 1.54) is 12.1 Å². The number of nitrogens with zero attached hydrogens (tertiary/aromatic N) is 3. The lowest BCUT2D eigenvalue weighted by Gasteiger charge is -2.33. The van der Waals surface area contributed by atoms with Crippen LogP contribution >= 0.6 is 11.6 Å². The summed E-state index contributed by atoms with van der Waals surface area (Å²) in [5.41, 5.74) is 1.99. The molecule has 6 heteroatoms. The van der Waals surface area contributed by atoms with Gasteiger partial charge in [-0.1, -0.05) is 17.7 Å². The first-order chi connectivity index (χ1) is 10.1. The van der Waals surface area contributed by atoms with Gasteiger partial charge in [0.2, 0.25) is 0 Å². The molecule has 0 saturated carbocycles. The highest BCUT2D eigenvalue weighted by atomic mass is 35.5. The van der Waals surface area contributed by atoms with Crippen LogP contribution in [0.5, 0.6) is 0 Å².